The van der Waals surface area contributed by atoms with E-state index in [4.69, 9.17) is 12.2 Å². The van der Waals surface area contributed by atoms with Gasteiger partial charge in [0.15, 0.2) is 14.9 Å². The molecule has 0 radical (unpaired) electrons. The van der Waals surface area contributed by atoms with E-state index in [2.05, 4.69) is 10.6 Å². The van der Waals surface area contributed by atoms with Crippen molar-refractivity contribution in [2.75, 3.05) is 23.0 Å². The molecule has 0 aliphatic carbocycles. The maximum atomic E-state index is 12.1. The quantitative estimate of drug-likeness (QED) is 0.655. The minimum absolute atomic E-state index is 0.0521. The van der Waals surface area contributed by atoms with Crippen molar-refractivity contribution in [2.45, 2.75) is 44.0 Å². The second-order valence-corrected chi connectivity index (χ2v) is 9.97. The Kier molecular flexibility index (Phi) is 6.77. The molecule has 1 fully saturated rings. The Bertz CT molecular complexity index is 1050. The van der Waals surface area contributed by atoms with Crippen molar-refractivity contribution in [3.05, 3.63) is 53.6 Å². The molecular weight excluding hydrogens is 418 g/mol. The number of rotatable bonds is 6. The fourth-order valence-electron chi connectivity index (χ4n) is 3.57. The Hall–Kier alpha value is -2.45. The maximum absolute atomic E-state index is 12.1. The molecule has 0 aromatic heterocycles. The van der Waals surface area contributed by atoms with Gasteiger partial charge < -0.3 is 15.5 Å². The number of aryl methyl sites for hydroxylation is 1. The summed E-state index contributed by atoms with van der Waals surface area (Å²) in [5, 5.41) is 6.97. The summed E-state index contributed by atoms with van der Waals surface area (Å²) < 4.78 is 23.3. The third kappa shape index (κ3) is 5.17. The molecule has 0 bridgehead atoms. The average molecular weight is 446 g/mol. The van der Waals surface area contributed by atoms with Crippen molar-refractivity contribution in [1.29, 1.82) is 0 Å². The van der Waals surface area contributed by atoms with Crippen molar-refractivity contribution >= 4 is 44.4 Å². The lowest BCUT2D eigenvalue weighted by molar-refractivity contribution is -0.117. The SMILES string of the molecule is CCC(NC(=S)Nc1ccc(C)c(N2CCCC2=O)c1)c1ccc(S(C)(=O)=O)cc1. The maximum Gasteiger partial charge on any atom is 0.227 e. The lowest BCUT2D eigenvalue weighted by Crippen LogP contribution is -2.32. The summed E-state index contributed by atoms with van der Waals surface area (Å²) in [4.78, 5) is 14.2. The van der Waals surface area contributed by atoms with E-state index in [0.717, 1.165) is 41.9 Å². The Balaban J connectivity index is 1.70. The van der Waals surface area contributed by atoms with Gasteiger partial charge in [0, 0.05) is 30.6 Å². The molecule has 1 atom stereocenters. The molecule has 160 valence electrons. The average Bonchev–Trinajstić information content (AvgIpc) is 3.12. The lowest BCUT2D eigenvalue weighted by atomic mass is 10.1. The van der Waals surface area contributed by atoms with Gasteiger partial charge in [0.1, 0.15) is 0 Å². The zero-order valence-electron chi connectivity index (χ0n) is 17.4. The fraction of sp³-hybridized carbons (Fsp3) is 0.364. The van der Waals surface area contributed by atoms with Crippen LogP contribution in [0.1, 0.15) is 43.4 Å². The number of benzene rings is 2. The molecule has 0 spiro atoms. The van der Waals surface area contributed by atoms with Gasteiger partial charge in [0.25, 0.3) is 0 Å². The summed E-state index contributed by atoms with van der Waals surface area (Å²) in [7, 11) is -3.22. The molecule has 1 aliphatic heterocycles. The van der Waals surface area contributed by atoms with Gasteiger partial charge in [0.05, 0.1) is 10.9 Å². The van der Waals surface area contributed by atoms with Crippen molar-refractivity contribution in [1.82, 2.24) is 5.32 Å². The van der Waals surface area contributed by atoms with E-state index in [-0.39, 0.29) is 11.9 Å². The van der Waals surface area contributed by atoms with Crippen LogP contribution in [0.15, 0.2) is 47.4 Å². The predicted octanol–water partition coefficient (Wildman–Crippen LogP) is 3.96. The minimum atomic E-state index is -3.22. The topological polar surface area (TPSA) is 78.5 Å². The second kappa shape index (κ2) is 9.14. The summed E-state index contributed by atoms with van der Waals surface area (Å²) in [6.07, 6.45) is 3.45. The van der Waals surface area contributed by atoms with E-state index in [0.29, 0.717) is 16.4 Å². The standard InChI is InChI=1S/C22H27N3O3S2/c1-4-19(16-8-11-18(12-9-16)30(3,27)28)24-22(29)23-17-10-7-15(2)20(14-17)25-13-5-6-21(25)26/h7-12,14,19H,4-6,13H2,1-3H3,(H2,23,24,29). The highest BCUT2D eigenvalue weighted by atomic mass is 32.2. The van der Waals surface area contributed by atoms with Crippen LogP contribution in [0.25, 0.3) is 0 Å². The number of anilines is 2. The number of nitrogens with one attached hydrogen (secondary N) is 2. The van der Waals surface area contributed by atoms with Gasteiger partial charge in [-0.3, -0.25) is 4.79 Å². The molecule has 1 heterocycles. The molecule has 2 aromatic rings. The normalized spacial score (nSPS) is 15.2. The van der Waals surface area contributed by atoms with Crippen LogP contribution < -0.4 is 15.5 Å². The van der Waals surface area contributed by atoms with Gasteiger partial charge in [-0.05, 0) is 67.4 Å². The number of carbonyl (C=O) groups is 1. The van der Waals surface area contributed by atoms with Crippen LogP contribution in [0.4, 0.5) is 11.4 Å². The number of hydrogen-bond acceptors (Lipinski definition) is 4. The summed E-state index contributed by atoms with van der Waals surface area (Å²) in [5.41, 5.74) is 3.73. The van der Waals surface area contributed by atoms with E-state index in [1.807, 2.05) is 49.1 Å². The van der Waals surface area contributed by atoms with Crippen LogP contribution in [0, 0.1) is 6.92 Å². The highest BCUT2D eigenvalue weighted by Crippen LogP contribution is 2.28. The molecule has 30 heavy (non-hydrogen) atoms. The van der Waals surface area contributed by atoms with E-state index in [1.54, 1.807) is 12.1 Å². The molecule has 8 heteroatoms. The first-order chi connectivity index (χ1) is 14.2. The van der Waals surface area contributed by atoms with E-state index in [1.165, 1.54) is 6.26 Å². The molecule has 2 aromatic carbocycles. The molecule has 1 unspecified atom stereocenters. The van der Waals surface area contributed by atoms with Gasteiger partial charge in [-0.2, -0.15) is 0 Å². The lowest BCUT2D eigenvalue weighted by Gasteiger charge is -2.22. The Morgan fingerprint density at radius 1 is 1.20 bits per heavy atom. The predicted molar refractivity (Wildman–Crippen MR) is 125 cm³/mol. The summed E-state index contributed by atoms with van der Waals surface area (Å²) >= 11 is 5.50. The van der Waals surface area contributed by atoms with E-state index < -0.39 is 9.84 Å². The number of thiocarbonyl (C=S) groups is 1. The number of amides is 1. The smallest absolute Gasteiger partial charge is 0.227 e. The van der Waals surface area contributed by atoms with Crippen molar-refractivity contribution in [3.63, 3.8) is 0 Å². The van der Waals surface area contributed by atoms with Gasteiger partial charge in [-0.25, -0.2) is 8.42 Å². The number of hydrogen-bond donors (Lipinski definition) is 2. The van der Waals surface area contributed by atoms with Crippen LogP contribution in [0.5, 0.6) is 0 Å². The molecule has 1 amide bonds. The van der Waals surface area contributed by atoms with E-state index in [9.17, 15) is 13.2 Å². The van der Waals surface area contributed by atoms with Crippen LogP contribution in [0.2, 0.25) is 0 Å². The molecule has 3 rings (SSSR count). The molecule has 1 aliphatic rings. The van der Waals surface area contributed by atoms with Crippen molar-refractivity contribution < 1.29 is 13.2 Å². The molecule has 2 N–H and O–H groups in total. The monoisotopic (exact) mass is 445 g/mol. The largest absolute Gasteiger partial charge is 0.356 e. The minimum Gasteiger partial charge on any atom is -0.356 e. The first-order valence-electron chi connectivity index (χ1n) is 9.97. The number of sulfone groups is 1. The highest BCUT2D eigenvalue weighted by Gasteiger charge is 2.23. The third-order valence-electron chi connectivity index (χ3n) is 5.26. The Morgan fingerprint density at radius 3 is 2.47 bits per heavy atom. The van der Waals surface area contributed by atoms with Gasteiger partial charge in [-0.1, -0.05) is 25.1 Å². The third-order valence-corrected chi connectivity index (χ3v) is 6.60. The molecule has 0 saturated carbocycles. The second-order valence-electron chi connectivity index (χ2n) is 7.55. The Labute approximate surface area is 183 Å². The van der Waals surface area contributed by atoms with Gasteiger partial charge in [-0.15, -0.1) is 0 Å². The van der Waals surface area contributed by atoms with Crippen LogP contribution in [-0.4, -0.2) is 32.2 Å². The first kappa shape index (κ1) is 22.2. The zero-order valence-corrected chi connectivity index (χ0v) is 19.1. The van der Waals surface area contributed by atoms with Crippen molar-refractivity contribution in [3.8, 4) is 0 Å². The van der Waals surface area contributed by atoms with Crippen LogP contribution >= 0.6 is 12.2 Å². The number of nitrogens with zero attached hydrogens (tertiary/aromatic N) is 1. The summed E-state index contributed by atoms with van der Waals surface area (Å²) in [5.74, 6) is 0.152. The van der Waals surface area contributed by atoms with Crippen LogP contribution in [0.3, 0.4) is 0 Å². The number of carbonyl (C=O) groups excluding carboxylic acids is 1. The van der Waals surface area contributed by atoms with Crippen LogP contribution in [-0.2, 0) is 14.6 Å². The summed E-state index contributed by atoms with van der Waals surface area (Å²) in [6.45, 7) is 4.77. The Morgan fingerprint density at radius 2 is 1.90 bits per heavy atom. The summed E-state index contributed by atoms with van der Waals surface area (Å²) in [6, 6.07) is 12.7. The van der Waals surface area contributed by atoms with E-state index >= 15 is 0 Å². The zero-order chi connectivity index (χ0) is 21.9. The van der Waals surface area contributed by atoms with Gasteiger partial charge in [0.2, 0.25) is 5.91 Å². The van der Waals surface area contributed by atoms with Crippen molar-refractivity contribution in [2.24, 2.45) is 0 Å². The first-order valence-corrected chi connectivity index (χ1v) is 12.3. The molecule has 1 saturated heterocycles. The van der Waals surface area contributed by atoms with Gasteiger partial charge >= 0.3 is 0 Å². The molecular formula is C22H27N3O3S2. The molecule has 6 nitrogen and oxygen atoms in total. The fourth-order valence-corrected chi connectivity index (χ4v) is 4.47. The highest BCUT2D eigenvalue weighted by molar-refractivity contribution is 7.90.